The van der Waals surface area contributed by atoms with Crippen LogP contribution in [0.2, 0.25) is 0 Å². The van der Waals surface area contributed by atoms with Crippen LogP contribution in [0.15, 0.2) is 29.8 Å². The summed E-state index contributed by atoms with van der Waals surface area (Å²) in [5.74, 6) is 0.674. The molecule has 18 heavy (non-hydrogen) atoms. The van der Waals surface area contributed by atoms with Gasteiger partial charge >= 0.3 is 0 Å². The smallest absolute Gasteiger partial charge is 0.243 e. The maximum atomic E-state index is 4.43. The third kappa shape index (κ3) is 2.09. The van der Waals surface area contributed by atoms with E-state index in [1.165, 1.54) is 16.0 Å². The first kappa shape index (κ1) is 11.2. The van der Waals surface area contributed by atoms with Gasteiger partial charge < -0.3 is 5.32 Å². The molecule has 0 aliphatic rings. The maximum Gasteiger partial charge on any atom is 0.243 e. The fraction of sp³-hybridized carbons (Fsp3) is 0.231. The van der Waals surface area contributed by atoms with Crippen molar-refractivity contribution in [3.8, 4) is 0 Å². The number of fused-ring (bicyclic) bond motifs is 1. The van der Waals surface area contributed by atoms with Crippen LogP contribution in [0.3, 0.4) is 0 Å². The highest BCUT2D eigenvalue weighted by molar-refractivity contribution is 7.10. The van der Waals surface area contributed by atoms with E-state index in [0.717, 1.165) is 12.2 Å². The number of rotatable bonds is 3. The van der Waals surface area contributed by atoms with Gasteiger partial charge in [0.1, 0.15) is 0 Å². The molecule has 1 N–H and O–H groups in total. The highest BCUT2D eigenvalue weighted by Crippen LogP contribution is 2.16. The Labute approximate surface area is 109 Å². The van der Waals surface area contributed by atoms with Crippen molar-refractivity contribution >= 4 is 22.9 Å². The van der Waals surface area contributed by atoms with E-state index in [9.17, 15) is 0 Å². The Morgan fingerprint density at radius 2 is 2.17 bits per heavy atom. The summed E-state index contributed by atoms with van der Waals surface area (Å²) >= 11 is 1.75. The topological polar surface area (TPSA) is 42.2 Å². The van der Waals surface area contributed by atoms with Crippen molar-refractivity contribution in [3.05, 3.63) is 45.8 Å². The van der Waals surface area contributed by atoms with Crippen molar-refractivity contribution < 1.29 is 0 Å². The summed E-state index contributed by atoms with van der Waals surface area (Å²) in [4.78, 5) is 5.75. The summed E-state index contributed by atoms with van der Waals surface area (Å²) < 4.78 is 1.80. The van der Waals surface area contributed by atoms with Crippen molar-refractivity contribution in [3.63, 3.8) is 0 Å². The van der Waals surface area contributed by atoms with Gasteiger partial charge in [-0.3, -0.25) is 0 Å². The van der Waals surface area contributed by atoms with Gasteiger partial charge in [0.15, 0.2) is 5.65 Å². The van der Waals surface area contributed by atoms with Gasteiger partial charge in [-0.1, -0.05) is 6.07 Å². The van der Waals surface area contributed by atoms with E-state index in [4.69, 9.17) is 0 Å². The average molecular weight is 258 g/mol. The Kier molecular flexibility index (Phi) is 2.76. The molecule has 0 aromatic carbocycles. The van der Waals surface area contributed by atoms with Crippen LogP contribution in [0.25, 0.3) is 5.65 Å². The van der Waals surface area contributed by atoms with Gasteiger partial charge in [-0.15, -0.1) is 16.4 Å². The summed E-state index contributed by atoms with van der Waals surface area (Å²) in [6.45, 7) is 4.94. The first-order valence-corrected chi connectivity index (χ1v) is 6.70. The zero-order valence-electron chi connectivity index (χ0n) is 10.3. The molecule has 92 valence electrons. The largest absolute Gasteiger partial charge is 0.348 e. The minimum atomic E-state index is 0.674. The van der Waals surface area contributed by atoms with Crippen LogP contribution in [-0.4, -0.2) is 14.6 Å². The van der Waals surface area contributed by atoms with Crippen LogP contribution >= 0.6 is 11.3 Å². The minimum absolute atomic E-state index is 0.674. The molecule has 4 nitrogen and oxygen atoms in total. The second-order valence-electron chi connectivity index (χ2n) is 4.32. The first-order chi connectivity index (χ1) is 8.72. The Balaban J connectivity index is 1.81. The van der Waals surface area contributed by atoms with Gasteiger partial charge in [-0.05, 0) is 42.5 Å². The number of hydrogen-bond donors (Lipinski definition) is 1. The molecule has 3 rings (SSSR count). The van der Waals surface area contributed by atoms with E-state index in [1.54, 1.807) is 15.9 Å². The van der Waals surface area contributed by atoms with Crippen LogP contribution in [0.5, 0.6) is 0 Å². The van der Waals surface area contributed by atoms with E-state index in [1.807, 2.05) is 25.3 Å². The molecule has 0 saturated heterocycles. The summed E-state index contributed by atoms with van der Waals surface area (Å²) in [6, 6.07) is 6.14. The highest BCUT2D eigenvalue weighted by Gasteiger charge is 2.04. The lowest BCUT2D eigenvalue weighted by Gasteiger charge is -1.99. The van der Waals surface area contributed by atoms with E-state index in [-0.39, 0.29) is 0 Å². The quantitative estimate of drug-likeness (QED) is 0.785. The van der Waals surface area contributed by atoms with Gasteiger partial charge in [-0.25, -0.2) is 4.52 Å². The predicted molar refractivity (Wildman–Crippen MR) is 74.1 cm³/mol. The normalized spacial score (nSPS) is 11.0. The lowest BCUT2D eigenvalue weighted by atomic mass is 10.3. The third-order valence-corrected chi connectivity index (χ3v) is 3.88. The summed E-state index contributed by atoms with van der Waals surface area (Å²) in [5.41, 5.74) is 3.35. The van der Waals surface area contributed by atoms with Gasteiger partial charge in [-0.2, -0.15) is 4.98 Å². The van der Waals surface area contributed by atoms with E-state index in [2.05, 4.69) is 33.8 Å². The molecule has 5 heteroatoms. The Morgan fingerprint density at radius 3 is 2.94 bits per heavy atom. The Bertz CT molecular complexity index is 683. The number of nitrogens with one attached hydrogen (secondary N) is 1. The number of aryl methyl sites for hydroxylation is 2. The lowest BCUT2D eigenvalue weighted by Crippen LogP contribution is -2.00. The molecular weight excluding hydrogens is 244 g/mol. The zero-order chi connectivity index (χ0) is 12.5. The number of pyridine rings is 1. The SMILES string of the molecule is Cc1ccc2nc(NCc3sccc3C)nn2c1. The number of hydrogen-bond acceptors (Lipinski definition) is 4. The molecule has 0 spiro atoms. The predicted octanol–water partition coefficient (Wildman–Crippen LogP) is 3.02. The Morgan fingerprint density at radius 1 is 1.28 bits per heavy atom. The van der Waals surface area contributed by atoms with Crippen LogP contribution in [0.4, 0.5) is 5.95 Å². The Hall–Kier alpha value is -1.88. The molecule has 0 unspecified atom stereocenters. The maximum absolute atomic E-state index is 4.43. The zero-order valence-corrected chi connectivity index (χ0v) is 11.2. The standard InChI is InChI=1S/C13H14N4S/c1-9-3-4-12-15-13(16-17(12)8-9)14-7-11-10(2)5-6-18-11/h3-6,8H,7H2,1-2H3,(H,14,16). The minimum Gasteiger partial charge on any atom is -0.348 e. The number of aromatic nitrogens is 3. The third-order valence-electron chi connectivity index (χ3n) is 2.85. The number of anilines is 1. The molecule has 0 aliphatic heterocycles. The molecule has 0 amide bonds. The second kappa shape index (κ2) is 4.42. The van der Waals surface area contributed by atoms with Gasteiger partial charge in [0.25, 0.3) is 0 Å². The molecule has 0 bridgehead atoms. The number of thiophene rings is 1. The monoisotopic (exact) mass is 258 g/mol. The summed E-state index contributed by atoms with van der Waals surface area (Å²) in [6.07, 6.45) is 1.98. The molecule has 0 aliphatic carbocycles. The van der Waals surface area contributed by atoms with Crippen molar-refractivity contribution in [1.29, 1.82) is 0 Å². The lowest BCUT2D eigenvalue weighted by molar-refractivity contribution is 0.943. The van der Waals surface area contributed by atoms with Crippen molar-refractivity contribution in [1.82, 2.24) is 14.6 Å². The molecule has 3 aromatic heterocycles. The number of nitrogens with zero attached hydrogens (tertiary/aromatic N) is 3. The van der Waals surface area contributed by atoms with Crippen LogP contribution in [0, 0.1) is 13.8 Å². The molecular formula is C13H14N4S. The van der Waals surface area contributed by atoms with Gasteiger partial charge in [0, 0.05) is 11.1 Å². The highest BCUT2D eigenvalue weighted by atomic mass is 32.1. The summed E-state index contributed by atoms with van der Waals surface area (Å²) in [7, 11) is 0. The van der Waals surface area contributed by atoms with Crippen LogP contribution in [-0.2, 0) is 6.54 Å². The van der Waals surface area contributed by atoms with Gasteiger partial charge in [0.2, 0.25) is 5.95 Å². The van der Waals surface area contributed by atoms with E-state index in [0.29, 0.717) is 5.95 Å². The van der Waals surface area contributed by atoms with Crippen molar-refractivity contribution in [2.75, 3.05) is 5.32 Å². The molecule has 0 atom stereocenters. The first-order valence-electron chi connectivity index (χ1n) is 5.82. The second-order valence-corrected chi connectivity index (χ2v) is 5.33. The molecule has 3 heterocycles. The average Bonchev–Trinajstić information content (AvgIpc) is 2.92. The van der Waals surface area contributed by atoms with Crippen molar-refractivity contribution in [2.24, 2.45) is 0 Å². The molecule has 0 radical (unpaired) electrons. The van der Waals surface area contributed by atoms with E-state index >= 15 is 0 Å². The molecule has 0 fully saturated rings. The molecule has 0 saturated carbocycles. The van der Waals surface area contributed by atoms with E-state index < -0.39 is 0 Å². The van der Waals surface area contributed by atoms with Crippen LogP contribution in [0.1, 0.15) is 16.0 Å². The summed E-state index contributed by atoms with van der Waals surface area (Å²) in [5, 5.41) is 9.77. The fourth-order valence-electron chi connectivity index (χ4n) is 1.81. The fourth-order valence-corrected chi connectivity index (χ4v) is 2.65. The van der Waals surface area contributed by atoms with Gasteiger partial charge in [0.05, 0.1) is 6.54 Å². The molecule has 3 aromatic rings. The van der Waals surface area contributed by atoms with Crippen molar-refractivity contribution in [2.45, 2.75) is 20.4 Å². The van der Waals surface area contributed by atoms with Crippen LogP contribution < -0.4 is 5.32 Å².